The second-order valence-corrected chi connectivity index (χ2v) is 4.59. The number of likely N-dealkylation sites (tertiary alicyclic amines) is 1. The van der Waals surface area contributed by atoms with Gasteiger partial charge in [-0.25, -0.2) is 8.78 Å². The summed E-state index contributed by atoms with van der Waals surface area (Å²) in [4.78, 5) is 2.20. The minimum atomic E-state index is -1.15. The molecule has 2 nitrogen and oxygen atoms in total. The average molecular weight is 241 g/mol. The second-order valence-electron chi connectivity index (χ2n) is 4.59. The number of hydrogen-bond donors (Lipinski definition) is 1. The molecule has 1 heterocycles. The van der Waals surface area contributed by atoms with Gasteiger partial charge in [-0.1, -0.05) is 13.0 Å². The number of rotatable bonds is 2. The zero-order valence-corrected chi connectivity index (χ0v) is 9.92. The molecule has 1 saturated heterocycles. The van der Waals surface area contributed by atoms with Crippen LogP contribution in [0.25, 0.3) is 0 Å². The Morgan fingerprint density at radius 2 is 1.94 bits per heavy atom. The minimum absolute atomic E-state index is 0.217. The molecule has 0 bridgehead atoms. The Morgan fingerprint density at radius 1 is 1.29 bits per heavy atom. The standard InChI is InChI=1S/C13H17F2NO/c1-2-16-7-5-13(17,6-8-16)11-4-3-10(14)9-12(11)15/h3-4,9,17H,2,5-8H2,1H3. The Morgan fingerprint density at radius 3 is 2.47 bits per heavy atom. The van der Waals surface area contributed by atoms with Crippen molar-refractivity contribution in [2.24, 2.45) is 0 Å². The first-order chi connectivity index (χ1) is 8.05. The lowest BCUT2D eigenvalue weighted by Gasteiger charge is -2.38. The van der Waals surface area contributed by atoms with Crippen LogP contribution in [-0.2, 0) is 5.60 Å². The van der Waals surface area contributed by atoms with Crippen molar-refractivity contribution in [3.8, 4) is 0 Å². The third-order valence-electron chi connectivity index (χ3n) is 3.56. The summed E-state index contributed by atoms with van der Waals surface area (Å²) in [7, 11) is 0. The third-order valence-corrected chi connectivity index (χ3v) is 3.56. The Kier molecular flexibility index (Phi) is 3.45. The van der Waals surface area contributed by atoms with E-state index in [1.807, 2.05) is 0 Å². The van der Waals surface area contributed by atoms with Crippen LogP contribution in [-0.4, -0.2) is 29.6 Å². The molecule has 4 heteroatoms. The number of nitrogens with zero attached hydrogens (tertiary/aromatic N) is 1. The number of aliphatic hydroxyl groups is 1. The predicted molar refractivity (Wildman–Crippen MR) is 61.6 cm³/mol. The van der Waals surface area contributed by atoms with Gasteiger partial charge >= 0.3 is 0 Å². The van der Waals surface area contributed by atoms with Crippen molar-refractivity contribution in [1.82, 2.24) is 4.90 Å². The highest BCUT2D eigenvalue weighted by Crippen LogP contribution is 2.34. The van der Waals surface area contributed by atoms with Crippen LogP contribution >= 0.6 is 0 Å². The Hall–Kier alpha value is -1.00. The molecule has 1 aliphatic rings. The van der Waals surface area contributed by atoms with E-state index in [1.54, 1.807) is 0 Å². The van der Waals surface area contributed by atoms with E-state index in [-0.39, 0.29) is 5.56 Å². The topological polar surface area (TPSA) is 23.5 Å². The fraction of sp³-hybridized carbons (Fsp3) is 0.538. The predicted octanol–water partition coefficient (Wildman–Crippen LogP) is 2.27. The van der Waals surface area contributed by atoms with E-state index in [2.05, 4.69) is 11.8 Å². The first-order valence-corrected chi connectivity index (χ1v) is 5.95. The van der Waals surface area contributed by atoms with E-state index in [9.17, 15) is 13.9 Å². The molecule has 1 N–H and O–H groups in total. The first-order valence-electron chi connectivity index (χ1n) is 5.95. The normalized spacial score (nSPS) is 20.5. The highest BCUT2D eigenvalue weighted by molar-refractivity contribution is 5.25. The zero-order valence-electron chi connectivity index (χ0n) is 9.92. The second kappa shape index (κ2) is 4.70. The molecule has 1 fully saturated rings. The molecular weight excluding hydrogens is 224 g/mol. The van der Waals surface area contributed by atoms with Crippen molar-refractivity contribution in [3.63, 3.8) is 0 Å². The number of benzene rings is 1. The third kappa shape index (κ3) is 2.48. The van der Waals surface area contributed by atoms with Gasteiger partial charge in [0.05, 0.1) is 5.60 Å². The van der Waals surface area contributed by atoms with E-state index in [4.69, 9.17) is 0 Å². The number of halogens is 2. The van der Waals surface area contributed by atoms with Crippen molar-refractivity contribution in [3.05, 3.63) is 35.4 Å². The van der Waals surface area contributed by atoms with Crippen molar-refractivity contribution in [1.29, 1.82) is 0 Å². The van der Waals surface area contributed by atoms with Gasteiger partial charge < -0.3 is 10.0 Å². The lowest BCUT2D eigenvalue weighted by molar-refractivity contribution is -0.0273. The molecule has 0 aliphatic carbocycles. The fourth-order valence-corrected chi connectivity index (χ4v) is 2.38. The van der Waals surface area contributed by atoms with Crippen molar-refractivity contribution < 1.29 is 13.9 Å². The SMILES string of the molecule is CCN1CCC(O)(c2ccc(F)cc2F)CC1. The molecular formula is C13H17F2NO. The molecule has 17 heavy (non-hydrogen) atoms. The zero-order chi connectivity index (χ0) is 12.5. The van der Waals surface area contributed by atoms with E-state index in [0.717, 1.165) is 25.7 Å². The molecule has 0 saturated carbocycles. The van der Waals surface area contributed by atoms with Gasteiger partial charge in [-0.15, -0.1) is 0 Å². The van der Waals surface area contributed by atoms with Gasteiger partial charge in [0, 0.05) is 24.7 Å². The number of piperidine rings is 1. The minimum Gasteiger partial charge on any atom is -0.385 e. The van der Waals surface area contributed by atoms with Crippen LogP contribution in [0.5, 0.6) is 0 Å². The summed E-state index contributed by atoms with van der Waals surface area (Å²) < 4.78 is 26.5. The van der Waals surface area contributed by atoms with Crippen molar-refractivity contribution in [2.75, 3.05) is 19.6 Å². The lowest BCUT2D eigenvalue weighted by atomic mass is 9.84. The summed E-state index contributed by atoms with van der Waals surface area (Å²) in [5.74, 6) is -1.27. The van der Waals surface area contributed by atoms with Gasteiger partial charge in [0.1, 0.15) is 11.6 Å². The van der Waals surface area contributed by atoms with Crippen LogP contribution in [0, 0.1) is 11.6 Å². The van der Waals surface area contributed by atoms with E-state index in [0.29, 0.717) is 12.8 Å². The summed E-state index contributed by atoms with van der Waals surface area (Å²) in [6.45, 7) is 4.47. The van der Waals surface area contributed by atoms with E-state index < -0.39 is 17.2 Å². The van der Waals surface area contributed by atoms with Crippen molar-refractivity contribution >= 4 is 0 Å². The maximum absolute atomic E-state index is 13.6. The van der Waals surface area contributed by atoms with Crippen LogP contribution in [0.2, 0.25) is 0 Å². The smallest absolute Gasteiger partial charge is 0.132 e. The summed E-state index contributed by atoms with van der Waals surface area (Å²) in [6, 6.07) is 3.38. The first kappa shape index (κ1) is 12.5. The highest BCUT2D eigenvalue weighted by Gasteiger charge is 2.35. The van der Waals surface area contributed by atoms with Gasteiger partial charge in [-0.05, 0) is 25.5 Å². The van der Waals surface area contributed by atoms with Gasteiger partial charge in [0.25, 0.3) is 0 Å². The van der Waals surface area contributed by atoms with Crippen LogP contribution < -0.4 is 0 Å². The Labute approximate surface area is 99.9 Å². The number of hydrogen-bond acceptors (Lipinski definition) is 2. The van der Waals surface area contributed by atoms with Crippen LogP contribution in [0.15, 0.2) is 18.2 Å². The lowest BCUT2D eigenvalue weighted by Crippen LogP contribution is -2.42. The molecule has 94 valence electrons. The summed E-state index contributed by atoms with van der Waals surface area (Å²) in [5.41, 5.74) is -0.932. The molecule has 0 unspecified atom stereocenters. The fourth-order valence-electron chi connectivity index (χ4n) is 2.38. The molecule has 0 radical (unpaired) electrons. The van der Waals surface area contributed by atoms with Gasteiger partial charge in [-0.2, -0.15) is 0 Å². The van der Waals surface area contributed by atoms with Crippen LogP contribution in [0.3, 0.4) is 0 Å². The van der Waals surface area contributed by atoms with Crippen LogP contribution in [0.4, 0.5) is 8.78 Å². The highest BCUT2D eigenvalue weighted by atomic mass is 19.1. The van der Waals surface area contributed by atoms with Crippen molar-refractivity contribution in [2.45, 2.75) is 25.4 Å². The van der Waals surface area contributed by atoms with E-state index in [1.165, 1.54) is 12.1 Å². The molecule has 0 atom stereocenters. The quantitative estimate of drug-likeness (QED) is 0.858. The molecule has 0 amide bonds. The molecule has 0 spiro atoms. The average Bonchev–Trinajstić information content (AvgIpc) is 2.29. The van der Waals surface area contributed by atoms with Gasteiger partial charge in [-0.3, -0.25) is 0 Å². The maximum Gasteiger partial charge on any atom is 0.132 e. The van der Waals surface area contributed by atoms with Crippen LogP contribution in [0.1, 0.15) is 25.3 Å². The molecule has 1 aliphatic heterocycles. The Bertz CT molecular complexity index is 400. The van der Waals surface area contributed by atoms with Gasteiger partial charge in [0.15, 0.2) is 0 Å². The summed E-state index contributed by atoms with van der Waals surface area (Å²) >= 11 is 0. The van der Waals surface area contributed by atoms with E-state index >= 15 is 0 Å². The largest absolute Gasteiger partial charge is 0.385 e. The summed E-state index contributed by atoms with van der Waals surface area (Å²) in [6.07, 6.45) is 0.979. The van der Waals surface area contributed by atoms with Gasteiger partial charge in [0.2, 0.25) is 0 Å². The monoisotopic (exact) mass is 241 g/mol. The molecule has 1 aromatic rings. The molecule has 2 rings (SSSR count). The Balaban J connectivity index is 2.21. The molecule has 1 aromatic carbocycles. The maximum atomic E-state index is 13.6. The molecule has 0 aromatic heterocycles. The summed E-state index contributed by atoms with van der Waals surface area (Å²) in [5, 5.41) is 10.4.